The van der Waals surface area contributed by atoms with E-state index in [9.17, 15) is 18.8 Å². The number of carbonyl (C=O) groups is 3. The molecule has 37 heavy (non-hydrogen) atoms. The van der Waals surface area contributed by atoms with Gasteiger partial charge in [-0.15, -0.1) is 0 Å². The molecule has 3 aromatic carbocycles. The van der Waals surface area contributed by atoms with Crippen LogP contribution in [0.15, 0.2) is 70.7 Å². The molecule has 1 aliphatic heterocycles. The number of aryl methyl sites for hydroxylation is 1. The summed E-state index contributed by atoms with van der Waals surface area (Å²) < 4.78 is 20.0. The fourth-order valence-corrected chi connectivity index (χ4v) is 4.52. The zero-order chi connectivity index (χ0) is 26.7. The van der Waals surface area contributed by atoms with Crippen molar-refractivity contribution in [1.29, 1.82) is 0 Å². The van der Waals surface area contributed by atoms with Crippen molar-refractivity contribution in [2.45, 2.75) is 6.92 Å². The van der Waals surface area contributed by atoms with Crippen molar-refractivity contribution in [3.05, 3.63) is 92.7 Å². The van der Waals surface area contributed by atoms with Gasteiger partial charge in [-0.1, -0.05) is 45.7 Å². The van der Waals surface area contributed by atoms with Gasteiger partial charge in [0.2, 0.25) is 0 Å². The van der Waals surface area contributed by atoms with Gasteiger partial charge in [0.15, 0.2) is 11.7 Å². The number of nitrogens with one attached hydrogen (secondary N) is 2. The van der Waals surface area contributed by atoms with E-state index in [1.807, 2.05) is 13.0 Å². The third kappa shape index (κ3) is 6.04. The lowest BCUT2D eigenvalue weighted by molar-refractivity contribution is -0.122. The van der Waals surface area contributed by atoms with Gasteiger partial charge in [-0.3, -0.25) is 24.6 Å². The molecule has 1 heterocycles. The fourth-order valence-electron chi connectivity index (χ4n) is 3.53. The molecule has 0 atom stereocenters. The minimum Gasteiger partial charge on any atom is -0.482 e. The van der Waals surface area contributed by atoms with Gasteiger partial charge in [-0.05, 0) is 78.8 Å². The molecular weight excluding hydrogens is 585 g/mol. The smallest absolute Gasteiger partial charge is 0.270 e. The largest absolute Gasteiger partial charge is 0.482 e. The maximum atomic E-state index is 13.7. The van der Waals surface area contributed by atoms with Crippen LogP contribution in [0.3, 0.4) is 0 Å². The van der Waals surface area contributed by atoms with Crippen LogP contribution in [0.5, 0.6) is 5.75 Å². The number of hydrogen-bond donors (Lipinski definition) is 2. The minimum atomic E-state index is -0.637. The fraction of sp³-hybridized carbons (Fsp3) is 0.0769. The maximum Gasteiger partial charge on any atom is 0.270 e. The summed E-state index contributed by atoms with van der Waals surface area (Å²) in [4.78, 5) is 39.2. The zero-order valence-electron chi connectivity index (χ0n) is 19.2. The highest BCUT2D eigenvalue weighted by atomic mass is 79.9. The van der Waals surface area contributed by atoms with E-state index in [0.29, 0.717) is 11.3 Å². The molecule has 4 rings (SSSR count). The number of rotatable bonds is 6. The second kappa shape index (κ2) is 11.2. The van der Waals surface area contributed by atoms with Crippen molar-refractivity contribution >= 4 is 80.0 Å². The number of benzene rings is 3. The topological polar surface area (TPSA) is 87.7 Å². The highest BCUT2D eigenvalue weighted by molar-refractivity contribution is 9.10. The van der Waals surface area contributed by atoms with Crippen LogP contribution in [-0.2, 0) is 14.4 Å². The molecule has 3 amide bonds. The summed E-state index contributed by atoms with van der Waals surface area (Å²) in [5.41, 5.74) is 1.67. The van der Waals surface area contributed by atoms with Crippen LogP contribution in [-0.4, -0.2) is 29.4 Å². The zero-order valence-corrected chi connectivity index (χ0v) is 22.3. The van der Waals surface area contributed by atoms with Gasteiger partial charge in [0.05, 0.1) is 16.4 Å². The Morgan fingerprint density at radius 2 is 1.95 bits per heavy atom. The van der Waals surface area contributed by atoms with Crippen molar-refractivity contribution in [2.24, 2.45) is 0 Å². The first-order valence-electron chi connectivity index (χ1n) is 10.8. The molecule has 2 N–H and O–H groups in total. The van der Waals surface area contributed by atoms with Gasteiger partial charge in [0, 0.05) is 4.47 Å². The van der Waals surface area contributed by atoms with Gasteiger partial charge in [-0.2, -0.15) is 0 Å². The lowest BCUT2D eigenvalue weighted by Gasteiger charge is -2.30. The summed E-state index contributed by atoms with van der Waals surface area (Å²) in [6.45, 7) is 1.42. The number of carbonyl (C=O) groups excluding carboxylic acids is 3. The lowest BCUT2D eigenvalue weighted by atomic mass is 10.1. The van der Waals surface area contributed by atoms with Crippen LogP contribution in [0.2, 0.25) is 5.02 Å². The molecule has 0 unspecified atom stereocenters. The molecule has 0 spiro atoms. The number of hydrogen-bond acceptors (Lipinski definition) is 5. The molecule has 7 nitrogen and oxygen atoms in total. The molecule has 1 aliphatic rings. The van der Waals surface area contributed by atoms with Crippen molar-refractivity contribution in [3.63, 3.8) is 0 Å². The Morgan fingerprint density at radius 1 is 1.19 bits per heavy atom. The van der Waals surface area contributed by atoms with Crippen LogP contribution in [0.4, 0.5) is 15.8 Å². The summed E-state index contributed by atoms with van der Waals surface area (Å²) >= 11 is 14.9. The molecule has 1 saturated heterocycles. The first-order valence-corrected chi connectivity index (χ1v) is 12.4. The normalized spacial score (nSPS) is 14.5. The molecule has 0 bridgehead atoms. The molecular formula is C26H18BrClFN3O4S. The summed E-state index contributed by atoms with van der Waals surface area (Å²) in [5, 5.41) is 5.08. The minimum absolute atomic E-state index is 0.0204. The van der Waals surface area contributed by atoms with Gasteiger partial charge in [0.1, 0.15) is 17.1 Å². The Morgan fingerprint density at radius 3 is 2.65 bits per heavy atom. The number of thiocarbonyl (C=S) groups is 1. The van der Waals surface area contributed by atoms with Gasteiger partial charge >= 0.3 is 0 Å². The van der Waals surface area contributed by atoms with E-state index in [4.69, 9.17) is 28.6 Å². The molecule has 11 heteroatoms. The first-order chi connectivity index (χ1) is 17.6. The van der Waals surface area contributed by atoms with Crippen LogP contribution >= 0.6 is 39.7 Å². The van der Waals surface area contributed by atoms with Crippen LogP contribution < -0.4 is 20.3 Å². The second-order valence-corrected chi connectivity index (χ2v) is 9.60. The van der Waals surface area contributed by atoms with E-state index >= 15 is 0 Å². The summed E-state index contributed by atoms with van der Waals surface area (Å²) in [6, 6.07) is 15.6. The Balaban J connectivity index is 1.50. The Bertz CT molecular complexity index is 1480. The SMILES string of the molecule is Cc1cc(Br)ccc1N1C(=O)/C(=C/c2ccc(OCC(=O)Nc3ccccc3F)c(Cl)c2)C(=O)NC1=S. The van der Waals surface area contributed by atoms with Gasteiger partial charge in [0.25, 0.3) is 17.7 Å². The van der Waals surface area contributed by atoms with E-state index in [2.05, 4.69) is 26.6 Å². The molecule has 188 valence electrons. The van der Waals surface area contributed by atoms with E-state index in [-0.39, 0.29) is 27.1 Å². The maximum absolute atomic E-state index is 13.7. The van der Waals surface area contributed by atoms with Crippen molar-refractivity contribution in [1.82, 2.24) is 5.32 Å². The van der Waals surface area contributed by atoms with Crippen molar-refractivity contribution in [3.8, 4) is 5.75 Å². The van der Waals surface area contributed by atoms with E-state index in [1.54, 1.807) is 24.3 Å². The quantitative estimate of drug-likeness (QED) is 0.224. The van der Waals surface area contributed by atoms with Crippen LogP contribution in [0, 0.1) is 12.7 Å². The third-order valence-electron chi connectivity index (χ3n) is 5.28. The average molecular weight is 603 g/mol. The molecule has 1 fully saturated rings. The lowest BCUT2D eigenvalue weighted by Crippen LogP contribution is -2.54. The molecule has 0 saturated carbocycles. The van der Waals surface area contributed by atoms with Gasteiger partial charge in [-0.25, -0.2) is 4.39 Å². The predicted octanol–water partition coefficient (Wildman–Crippen LogP) is 5.40. The molecule has 0 radical (unpaired) electrons. The Hall–Kier alpha value is -3.60. The monoisotopic (exact) mass is 601 g/mol. The number of halogens is 3. The highest BCUT2D eigenvalue weighted by Gasteiger charge is 2.35. The number of ether oxygens (including phenoxy) is 1. The van der Waals surface area contributed by atoms with E-state index < -0.39 is 30.1 Å². The molecule has 0 aliphatic carbocycles. The Kier molecular flexibility index (Phi) is 8.01. The second-order valence-electron chi connectivity index (χ2n) is 7.90. The Labute approximate surface area is 230 Å². The average Bonchev–Trinajstić information content (AvgIpc) is 2.84. The third-order valence-corrected chi connectivity index (χ3v) is 6.35. The number of amides is 3. The van der Waals surface area contributed by atoms with E-state index in [0.717, 1.165) is 10.0 Å². The number of para-hydroxylation sites is 1. The van der Waals surface area contributed by atoms with Crippen molar-refractivity contribution < 1.29 is 23.5 Å². The standard InChI is InChI=1S/C26H18BrClFN3O4S/c1-14-10-16(27)7-8-21(14)32-25(35)17(24(34)31-26(32)37)11-15-6-9-22(18(28)12-15)36-13-23(33)30-20-5-3-2-4-19(20)29/h2-12H,13H2,1H3,(H,30,33)(H,31,34,37)/b17-11+. The first kappa shape index (κ1) is 26.5. The molecule has 0 aromatic heterocycles. The summed E-state index contributed by atoms with van der Waals surface area (Å²) in [6.07, 6.45) is 1.39. The van der Waals surface area contributed by atoms with Gasteiger partial charge < -0.3 is 10.1 Å². The van der Waals surface area contributed by atoms with Crippen molar-refractivity contribution in [2.75, 3.05) is 16.8 Å². The highest BCUT2D eigenvalue weighted by Crippen LogP contribution is 2.30. The molecule has 3 aromatic rings. The van der Waals surface area contributed by atoms with Crippen LogP contribution in [0.25, 0.3) is 6.08 Å². The van der Waals surface area contributed by atoms with Crippen LogP contribution in [0.1, 0.15) is 11.1 Å². The number of anilines is 2. The summed E-state index contributed by atoms with van der Waals surface area (Å²) in [5.74, 6) is -2.17. The predicted molar refractivity (Wildman–Crippen MR) is 147 cm³/mol. The van der Waals surface area contributed by atoms with E-state index in [1.165, 1.54) is 41.3 Å². The summed E-state index contributed by atoms with van der Waals surface area (Å²) in [7, 11) is 0. The number of nitrogens with zero attached hydrogens (tertiary/aromatic N) is 1.